The average Bonchev–Trinajstić information content (AvgIpc) is 2.67. The van der Waals surface area contributed by atoms with E-state index in [9.17, 15) is 12.8 Å². The Labute approximate surface area is 153 Å². The topological polar surface area (TPSA) is 64.4 Å². The molecule has 7 heteroatoms. The molecule has 0 radical (unpaired) electrons. The second kappa shape index (κ2) is 7.54. The van der Waals surface area contributed by atoms with Crippen molar-refractivity contribution in [2.24, 2.45) is 0 Å². The number of sulfonamides is 1. The molecule has 26 heavy (non-hydrogen) atoms. The molecule has 5 nitrogen and oxygen atoms in total. The molecular formula is C19H20FN3O2S. The van der Waals surface area contributed by atoms with Crippen molar-refractivity contribution >= 4 is 10.0 Å². The van der Waals surface area contributed by atoms with Gasteiger partial charge in [-0.2, -0.15) is 9.57 Å². The van der Waals surface area contributed by atoms with Crippen LogP contribution < -0.4 is 0 Å². The van der Waals surface area contributed by atoms with Crippen LogP contribution in [-0.4, -0.2) is 43.8 Å². The van der Waals surface area contributed by atoms with Gasteiger partial charge in [0, 0.05) is 32.2 Å². The standard InChI is InChI=1S/C19H20FN3O2S/c1-15(17-5-3-6-18(20)13-17)22-8-10-23(11-9-22)26(24,25)19-7-2-4-16(12-19)14-21/h2-7,12-13,15H,8-11H2,1H3. The molecule has 1 saturated heterocycles. The number of benzene rings is 2. The number of nitrogens with zero attached hydrogens (tertiary/aromatic N) is 3. The Morgan fingerprint density at radius 1 is 1.08 bits per heavy atom. The van der Waals surface area contributed by atoms with Crippen LogP contribution in [0.3, 0.4) is 0 Å². The normalized spacial score (nSPS) is 17.6. The van der Waals surface area contributed by atoms with Crippen LogP contribution in [-0.2, 0) is 10.0 Å². The van der Waals surface area contributed by atoms with Gasteiger partial charge in [-0.1, -0.05) is 18.2 Å². The molecule has 0 aliphatic carbocycles. The molecule has 0 N–H and O–H groups in total. The predicted molar refractivity (Wildman–Crippen MR) is 96.3 cm³/mol. The average molecular weight is 373 g/mol. The summed E-state index contributed by atoms with van der Waals surface area (Å²) in [6.07, 6.45) is 0. The molecule has 1 unspecified atom stereocenters. The number of rotatable bonds is 4. The quantitative estimate of drug-likeness (QED) is 0.827. The largest absolute Gasteiger partial charge is 0.294 e. The fourth-order valence-corrected chi connectivity index (χ4v) is 4.65. The zero-order valence-electron chi connectivity index (χ0n) is 14.5. The van der Waals surface area contributed by atoms with Gasteiger partial charge in [-0.3, -0.25) is 4.90 Å². The van der Waals surface area contributed by atoms with Gasteiger partial charge in [-0.05, 0) is 42.8 Å². The minimum Gasteiger partial charge on any atom is -0.294 e. The third kappa shape index (κ3) is 3.78. The van der Waals surface area contributed by atoms with Gasteiger partial charge in [0.2, 0.25) is 10.0 Å². The lowest BCUT2D eigenvalue weighted by Gasteiger charge is -2.37. The highest BCUT2D eigenvalue weighted by molar-refractivity contribution is 7.89. The van der Waals surface area contributed by atoms with Gasteiger partial charge < -0.3 is 0 Å². The Balaban J connectivity index is 1.70. The number of piperazine rings is 1. The summed E-state index contributed by atoms with van der Waals surface area (Å²) in [4.78, 5) is 2.29. The Kier molecular flexibility index (Phi) is 5.37. The van der Waals surface area contributed by atoms with Crippen molar-refractivity contribution in [1.29, 1.82) is 5.26 Å². The minimum atomic E-state index is -3.62. The van der Waals surface area contributed by atoms with Gasteiger partial charge in [0.05, 0.1) is 16.5 Å². The van der Waals surface area contributed by atoms with Crippen LogP contribution in [0.5, 0.6) is 0 Å². The highest BCUT2D eigenvalue weighted by Gasteiger charge is 2.30. The molecule has 2 aromatic rings. The van der Waals surface area contributed by atoms with E-state index in [1.54, 1.807) is 18.2 Å². The molecule has 0 bridgehead atoms. The lowest BCUT2D eigenvalue weighted by atomic mass is 10.1. The summed E-state index contributed by atoms with van der Waals surface area (Å²) in [6.45, 7) is 3.84. The molecule has 1 aliphatic rings. The predicted octanol–water partition coefficient (Wildman–Crippen LogP) is 2.76. The van der Waals surface area contributed by atoms with Crippen LogP contribution in [0.2, 0.25) is 0 Å². The second-order valence-electron chi connectivity index (χ2n) is 6.31. The van der Waals surface area contributed by atoms with Crippen molar-refractivity contribution in [2.45, 2.75) is 17.9 Å². The van der Waals surface area contributed by atoms with E-state index in [4.69, 9.17) is 5.26 Å². The number of hydrogen-bond donors (Lipinski definition) is 0. The molecule has 1 heterocycles. The van der Waals surface area contributed by atoms with Crippen LogP contribution in [0.4, 0.5) is 4.39 Å². The van der Waals surface area contributed by atoms with E-state index in [0.29, 0.717) is 31.7 Å². The zero-order valence-corrected chi connectivity index (χ0v) is 15.3. The van der Waals surface area contributed by atoms with Gasteiger partial charge in [0.1, 0.15) is 5.82 Å². The maximum absolute atomic E-state index is 13.4. The monoisotopic (exact) mass is 373 g/mol. The summed E-state index contributed by atoms with van der Waals surface area (Å²) in [6, 6.07) is 14.5. The minimum absolute atomic E-state index is 0.0115. The summed E-state index contributed by atoms with van der Waals surface area (Å²) < 4.78 is 40.5. The van der Waals surface area contributed by atoms with Crippen molar-refractivity contribution in [1.82, 2.24) is 9.21 Å². The molecule has 0 amide bonds. The van der Waals surface area contributed by atoms with E-state index >= 15 is 0 Å². The molecule has 1 atom stereocenters. The zero-order chi connectivity index (χ0) is 18.7. The third-order valence-corrected chi connectivity index (χ3v) is 6.65. The van der Waals surface area contributed by atoms with Crippen LogP contribution in [0.25, 0.3) is 0 Å². The third-order valence-electron chi connectivity index (χ3n) is 4.75. The molecule has 1 aliphatic heterocycles. The van der Waals surface area contributed by atoms with E-state index in [-0.39, 0.29) is 16.8 Å². The van der Waals surface area contributed by atoms with Crippen molar-refractivity contribution in [3.05, 3.63) is 65.5 Å². The summed E-state index contributed by atoms with van der Waals surface area (Å²) in [7, 11) is -3.62. The van der Waals surface area contributed by atoms with E-state index in [0.717, 1.165) is 5.56 Å². The van der Waals surface area contributed by atoms with Crippen molar-refractivity contribution in [3.8, 4) is 6.07 Å². The maximum atomic E-state index is 13.4. The summed E-state index contributed by atoms with van der Waals surface area (Å²) in [5, 5.41) is 8.97. The Morgan fingerprint density at radius 2 is 1.77 bits per heavy atom. The first-order chi connectivity index (χ1) is 12.4. The Hall–Kier alpha value is -2.27. The SMILES string of the molecule is CC(c1cccc(F)c1)N1CCN(S(=O)(=O)c2cccc(C#N)c2)CC1. The molecule has 1 fully saturated rings. The summed E-state index contributed by atoms with van der Waals surface area (Å²) in [5.41, 5.74) is 1.20. The first-order valence-electron chi connectivity index (χ1n) is 8.41. The van der Waals surface area contributed by atoms with E-state index in [1.807, 2.05) is 19.1 Å². The number of halogens is 1. The fraction of sp³-hybridized carbons (Fsp3) is 0.316. The fourth-order valence-electron chi connectivity index (χ4n) is 3.18. The molecule has 2 aromatic carbocycles. The lowest BCUT2D eigenvalue weighted by Crippen LogP contribution is -2.49. The van der Waals surface area contributed by atoms with Crippen molar-refractivity contribution in [3.63, 3.8) is 0 Å². The lowest BCUT2D eigenvalue weighted by molar-refractivity contribution is 0.145. The molecule has 0 saturated carbocycles. The summed E-state index contributed by atoms with van der Waals surface area (Å²) in [5.74, 6) is -0.270. The molecule has 3 rings (SSSR count). The van der Waals surface area contributed by atoms with Crippen molar-refractivity contribution < 1.29 is 12.8 Å². The van der Waals surface area contributed by atoms with E-state index in [2.05, 4.69) is 4.90 Å². The van der Waals surface area contributed by atoms with Crippen LogP contribution in [0.1, 0.15) is 24.1 Å². The summed E-state index contributed by atoms with van der Waals surface area (Å²) >= 11 is 0. The van der Waals surface area contributed by atoms with Gasteiger partial charge >= 0.3 is 0 Å². The van der Waals surface area contributed by atoms with Gasteiger partial charge in [-0.15, -0.1) is 0 Å². The van der Waals surface area contributed by atoms with Gasteiger partial charge in [0.25, 0.3) is 0 Å². The highest BCUT2D eigenvalue weighted by atomic mass is 32.2. The van der Waals surface area contributed by atoms with Crippen LogP contribution >= 0.6 is 0 Å². The van der Waals surface area contributed by atoms with Gasteiger partial charge in [-0.25, -0.2) is 12.8 Å². The van der Waals surface area contributed by atoms with E-state index in [1.165, 1.54) is 28.6 Å². The molecule has 0 aromatic heterocycles. The first kappa shape index (κ1) is 18.5. The first-order valence-corrected chi connectivity index (χ1v) is 9.85. The second-order valence-corrected chi connectivity index (χ2v) is 8.25. The Bertz CT molecular complexity index is 932. The smallest absolute Gasteiger partial charge is 0.243 e. The molecule has 0 spiro atoms. The number of nitriles is 1. The molecular weight excluding hydrogens is 353 g/mol. The highest BCUT2D eigenvalue weighted by Crippen LogP contribution is 2.24. The van der Waals surface area contributed by atoms with Crippen LogP contribution in [0.15, 0.2) is 53.4 Å². The number of hydrogen-bond acceptors (Lipinski definition) is 4. The van der Waals surface area contributed by atoms with E-state index < -0.39 is 10.0 Å². The van der Waals surface area contributed by atoms with Gasteiger partial charge in [0.15, 0.2) is 0 Å². The Morgan fingerprint density at radius 3 is 2.42 bits per heavy atom. The van der Waals surface area contributed by atoms with Crippen molar-refractivity contribution in [2.75, 3.05) is 26.2 Å². The maximum Gasteiger partial charge on any atom is 0.243 e. The molecule has 136 valence electrons. The van der Waals surface area contributed by atoms with Crippen LogP contribution in [0, 0.1) is 17.1 Å².